The van der Waals surface area contributed by atoms with E-state index < -0.39 is 0 Å². The van der Waals surface area contributed by atoms with Gasteiger partial charge in [-0.15, -0.1) is 24.0 Å². The molecule has 1 aliphatic heterocycles. The first-order valence-electron chi connectivity index (χ1n) is 9.68. The van der Waals surface area contributed by atoms with Crippen molar-refractivity contribution in [3.05, 3.63) is 78.6 Å². The Morgan fingerprint density at radius 1 is 0.966 bits per heavy atom. The average molecular weight is 502 g/mol. The highest BCUT2D eigenvalue weighted by atomic mass is 127. The molecule has 7 heteroatoms. The van der Waals surface area contributed by atoms with Crippen molar-refractivity contribution in [1.29, 1.82) is 0 Å². The lowest BCUT2D eigenvalue weighted by Gasteiger charge is -2.37. The van der Waals surface area contributed by atoms with E-state index in [1.54, 1.807) is 6.20 Å². The van der Waals surface area contributed by atoms with Gasteiger partial charge in [0.25, 0.3) is 0 Å². The molecule has 152 valence electrons. The van der Waals surface area contributed by atoms with Gasteiger partial charge in [-0.2, -0.15) is 5.10 Å². The number of halogens is 1. The zero-order chi connectivity index (χ0) is 19.2. The van der Waals surface area contributed by atoms with Gasteiger partial charge >= 0.3 is 0 Å². The molecular formula is C22H27IN6. The van der Waals surface area contributed by atoms with Crippen molar-refractivity contribution >= 4 is 35.6 Å². The van der Waals surface area contributed by atoms with Crippen molar-refractivity contribution in [3.8, 4) is 5.69 Å². The molecule has 3 aromatic rings. The molecule has 0 spiro atoms. The summed E-state index contributed by atoms with van der Waals surface area (Å²) in [5.74, 6) is 0.956. The number of benzene rings is 2. The molecule has 0 aliphatic carbocycles. The highest BCUT2D eigenvalue weighted by molar-refractivity contribution is 14.0. The molecule has 1 saturated heterocycles. The summed E-state index contributed by atoms with van der Waals surface area (Å²) in [6.07, 6.45) is 3.75. The minimum atomic E-state index is 0. The third kappa shape index (κ3) is 5.29. The molecule has 0 amide bonds. The fraction of sp³-hybridized carbons (Fsp3) is 0.273. The number of nitrogens with one attached hydrogen (secondary N) is 1. The molecule has 0 unspecified atom stereocenters. The second-order valence-corrected chi connectivity index (χ2v) is 6.83. The Kier molecular flexibility index (Phi) is 7.51. The smallest absolute Gasteiger partial charge is 0.194 e. The van der Waals surface area contributed by atoms with Gasteiger partial charge < -0.3 is 15.1 Å². The lowest BCUT2D eigenvalue weighted by Crippen LogP contribution is -2.52. The van der Waals surface area contributed by atoms with Crippen molar-refractivity contribution in [1.82, 2.24) is 20.0 Å². The zero-order valence-corrected chi connectivity index (χ0v) is 18.9. The number of hydrogen-bond donors (Lipinski definition) is 1. The second kappa shape index (κ2) is 10.3. The summed E-state index contributed by atoms with van der Waals surface area (Å²) < 4.78 is 1.88. The molecule has 1 N–H and O–H groups in total. The molecule has 0 saturated carbocycles. The van der Waals surface area contributed by atoms with E-state index in [1.165, 1.54) is 11.3 Å². The number of aliphatic imine (C=N–C) groups is 1. The summed E-state index contributed by atoms with van der Waals surface area (Å²) in [5.41, 5.74) is 3.56. The normalized spacial score (nSPS) is 14.4. The number of anilines is 1. The van der Waals surface area contributed by atoms with Gasteiger partial charge in [0.05, 0.1) is 5.69 Å². The number of hydrogen-bond acceptors (Lipinski definition) is 3. The van der Waals surface area contributed by atoms with Crippen molar-refractivity contribution in [2.45, 2.75) is 6.54 Å². The van der Waals surface area contributed by atoms with Crippen LogP contribution >= 0.6 is 24.0 Å². The third-order valence-corrected chi connectivity index (χ3v) is 5.04. The fourth-order valence-corrected chi connectivity index (χ4v) is 3.56. The lowest BCUT2D eigenvalue weighted by atomic mass is 10.2. The first kappa shape index (κ1) is 21.2. The molecule has 1 fully saturated rings. The Labute approximate surface area is 189 Å². The summed E-state index contributed by atoms with van der Waals surface area (Å²) in [7, 11) is 1.85. The largest absolute Gasteiger partial charge is 0.368 e. The van der Waals surface area contributed by atoms with Gasteiger partial charge in [0, 0.05) is 57.9 Å². The van der Waals surface area contributed by atoms with E-state index in [0.717, 1.165) is 44.4 Å². The van der Waals surface area contributed by atoms with Gasteiger partial charge in [0.15, 0.2) is 5.96 Å². The summed E-state index contributed by atoms with van der Waals surface area (Å²) >= 11 is 0. The van der Waals surface area contributed by atoms with Crippen LogP contribution in [0.1, 0.15) is 5.56 Å². The lowest BCUT2D eigenvalue weighted by molar-refractivity contribution is 0.372. The van der Waals surface area contributed by atoms with E-state index in [1.807, 2.05) is 24.0 Å². The van der Waals surface area contributed by atoms with Crippen LogP contribution in [-0.4, -0.2) is 53.9 Å². The molecular weight excluding hydrogens is 475 g/mol. The van der Waals surface area contributed by atoms with Crippen LogP contribution in [0.4, 0.5) is 5.69 Å². The Balaban J connectivity index is 0.00000240. The van der Waals surface area contributed by atoms with Crippen LogP contribution < -0.4 is 10.2 Å². The number of guanidine groups is 1. The van der Waals surface area contributed by atoms with Gasteiger partial charge in [-0.1, -0.05) is 30.3 Å². The van der Waals surface area contributed by atoms with E-state index in [-0.39, 0.29) is 24.0 Å². The topological polar surface area (TPSA) is 48.7 Å². The predicted octanol–water partition coefficient (Wildman–Crippen LogP) is 3.39. The molecule has 1 aromatic heterocycles. The van der Waals surface area contributed by atoms with Crippen molar-refractivity contribution in [2.75, 3.05) is 38.1 Å². The van der Waals surface area contributed by atoms with Gasteiger partial charge in [0.1, 0.15) is 0 Å². The summed E-state index contributed by atoms with van der Waals surface area (Å²) in [5, 5.41) is 7.81. The van der Waals surface area contributed by atoms with E-state index in [4.69, 9.17) is 0 Å². The van der Waals surface area contributed by atoms with Crippen LogP contribution in [0, 0.1) is 0 Å². The minimum Gasteiger partial charge on any atom is -0.368 e. The van der Waals surface area contributed by atoms with E-state index in [2.05, 4.69) is 79.8 Å². The summed E-state index contributed by atoms with van der Waals surface area (Å²) in [6.45, 7) is 4.66. The Morgan fingerprint density at radius 2 is 1.72 bits per heavy atom. The highest BCUT2D eigenvalue weighted by Gasteiger charge is 2.19. The molecule has 0 atom stereocenters. The number of aromatic nitrogens is 2. The van der Waals surface area contributed by atoms with Crippen LogP contribution in [0.3, 0.4) is 0 Å². The SMILES string of the molecule is CN=C(NCc1cccc(-n2cccn2)c1)N1CCN(c2ccccc2)CC1.I. The molecule has 2 heterocycles. The first-order valence-corrected chi connectivity index (χ1v) is 9.68. The van der Waals surface area contributed by atoms with E-state index in [0.29, 0.717) is 0 Å². The maximum absolute atomic E-state index is 4.49. The molecule has 1 aliphatic rings. The number of piperazine rings is 1. The van der Waals surface area contributed by atoms with Crippen molar-refractivity contribution in [3.63, 3.8) is 0 Å². The minimum absolute atomic E-state index is 0. The molecule has 6 nitrogen and oxygen atoms in total. The van der Waals surface area contributed by atoms with E-state index in [9.17, 15) is 0 Å². The van der Waals surface area contributed by atoms with Gasteiger partial charge in [-0.25, -0.2) is 4.68 Å². The van der Waals surface area contributed by atoms with E-state index >= 15 is 0 Å². The fourth-order valence-electron chi connectivity index (χ4n) is 3.56. The maximum Gasteiger partial charge on any atom is 0.194 e. The van der Waals surface area contributed by atoms with Crippen molar-refractivity contribution in [2.24, 2.45) is 4.99 Å². The molecule has 2 aromatic carbocycles. The number of para-hydroxylation sites is 1. The summed E-state index contributed by atoms with van der Waals surface area (Å²) in [4.78, 5) is 9.25. The predicted molar refractivity (Wildman–Crippen MR) is 129 cm³/mol. The quantitative estimate of drug-likeness (QED) is 0.338. The van der Waals surface area contributed by atoms with Gasteiger partial charge in [-0.3, -0.25) is 4.99 Å². The molecule has 29 heavy (non-hydrogen) atoms. The van der Waals surface area contributed by atoms with Crippen LogP contribution in [0.15, 0.2) is 78.0 Å². The first-order chi connectivity index (χ1) is 13.8. The van der Waals surface area contributed by atoms with Crippen molar-refractivity contribution < 1.29 is 0 Å². The van der Waals surface area contributed by atoms with Gasteiger partial charge in [0.2, 0.25) is 0 Å². The highest BCUT2D eigenvalue weighted by Crippen LogP contribution is 2.16. The number of nitrogens with zero attached hydrogens (tertiary/aromatic N) is 5. The Bertz CT molecular complexity index is 902. The molecule has 4 rings (SSSR count). The third-order valence-electron chi connectivity index (χ3n) is 5.04. The van der Waals surface area contributed by atoms with Crippen LogP contribution in [-0.2, 0) is 6.54 Å². The molecule has 0 radical (unpaired) electrons. The number of rotatable bonds is 4. The standard InChI is InChI=1S/C22H26N6.HI/c1-23-22(27-15-13-26(14-16-27)20-8-3-2-4-9-20)24-18-19-7-5-10-21(17-19)28-12-6-11-25-28;/h2-12,17H,13-16,18H2,1H3,(H,23,24);1H. The van der Waals surface area contributed by atoms with Crippen LogP contribution in [0.25, 0.3) is 5.69 Å². The monoisotopic (exact) mass is 502 g/mol. The van der Waals surface area contributed by atoms with Crippen LogP contribution in [0.2, 0.25) is 0 Å². The van der Waals surface area contributed by atoms with Crippen LogP contribution in [0.5, 0.6) is 0 Å². The second-order valence-electron chi connectivity index (χ2n) is 6.83. The average Bonchev–Trinajstić information content (AvgIpc) is 3.31. The zero-order valence-electron chi connectivity index (χ0n) is 16.6. The summed E-state index contributed by atoms with van der Waals surface area (Å²) in [6, 6.07) is 20.9. The van der Waals surface area contributed by atoms with Gasteiger partial charge in [-0.05, 0) is 35.9 Å². The Morgan fingerprint density at radius 3 is 2.41 bits per heavy atom. The molecule has 0 bridgehead atoms. The Hall–Kier alpha value is -2.55. The maximum atomic E-state index is 4.49.